The van der Waals surface area contributed by atoms with Crippen molar-refractivity contribution in [1.82, 2.24) is 19.4 Å². The lowest BCUT2D eigenvalue weighted by molar-refractivity contribution is -0.111. The number of fused-ring (bicyclic) bond motifs is 1. The molecule has 8 heteroatoms. The van der Waals surface area contributed by atoms with Gasteiger partial charge in [0, 0.05) is 37.0 Å². The van der Waals surface area contributed by atoms with E-state index in [0.29, 0.717) is 22.7 Å². The second-order valence-corrected chi connectivity index (χ2v) is 8.72. The van der Waals surface area contributed by atoms with Crippen LogP contribution in [-0.4, -0.2) is 44.3 Å². The first-order valence-electron chi connectivity index (χ1n) is 11.8. The number of likely N-dealkylation sites (tertiary alicyclic amines) is 1. The summed E-state index contributed by atoms with van der Waals surface area (Å²) in [5.41, 5.74) is 12.0. The highest BCUT2D eigenvalue weighted by Crippen LogP contribution is 2.41. The summed E-state index contributed by atoms with van der Waals surface area (Å²) < 4.78 is 1.99. The summed E-state index contributed by atoms with van der Waals surface area (Å²) in [6.07, 6.45) is 3.56. The highest BCUT2D eigenvalue weighted by molar-refractivity contribution is 6.08. The maximum atomic E-state index is 12.8. The summed E-state index contributed by atoms with van der Waals surface area (Å²) in [5, 5.41) is 3.51. The molecular formula is C28H26N6O2. The van der Waals surface area contributed by atoms with Gasteiger partial charge in [0.25, 0.3) is 11.8 Å². The number of aryl methyl sites for hydroxylation is 1. The van der Waals surface area contributed by atoms with Crippen molar-refractivity contribution in [1.29, 1.82) is 0 Å². The highest BCUT2D eigenvalue weighted by Gasteiger charge is 2.23. The maximum absolute atomic E-state index is 12.8. The third kappa shape index (κ3) is 4.16. The van der Waals surface area contributed by atoms with Crippen molar-refractivity contribution in [2.24, 2.45) is 7.05 Å². The molecule has 36 heavy (non-hydrogen) atoms. The summed E-state index contributed by atoms with van der Waals surface area (Å²) in [4.78, 5) is 35.3. The summed E-state index contributed by atoms with van der Waals surface area (Å²) >= 11 is 0. The third-order valence-corrected chi connectivity index (χ3v) is 6.47. The Morgan fingerprint density at radius 3 is 2.31 bits per heavy atom. The Morgan fingerprint density at radius 2 is 1.64 bits per heavy atom. The van der Waals surface area contributed by atoms with Gasteiger partial charge in [0.1, 0.15) is 17.8 Å². The predicted molar refractivity (Wildman–Crippen MR) is 141 cm³/mol. The first-order valence-corrected chi connectivity index (χ1v) is 11.8. The zero-order valence-corrected chi connectivity index (χ0v) is 20.2. The second-order valence-electron chi connectivity index (χ2n) is 8.72. The summed E-state index contributed by atoms with van der Waals surface area (Å²) in [5.74, 6) is 5.15. The van der Waals surface area contributed by atoms with Gasteiger partial charge in [-0.1, -0.05) is 30.2 Å². The zero-order valence-electron chi connectivity index (χ0n) is 20.2. The van der Waals surface area contributed by atoms with E-state index < -0.39 is 0 Å². The molecule has 3 heterocycles. The molecular weight excluding hydrogens is 452 g/mol. The van der Waals surface area contributed by atoms with Crippen LogP contribution in [0.25, 0.3) is 33.4 Å². The summed E-state index contributed by atoms with van der Waals surface area (Å²) in [6, 6.07) is 15.2. The normalized spacial score (nSPS) is 12.9. The lowest BCUT2D eigenvalue weighted by Crippen LogP contribution is -2.27. The van der Waals surface area contributed by atoms with Gasteiger partial charge >= 0.3 is 0 Å². The highest BCUT2D eigenvalue weighted by atomic mass is 16.2. The number of anilines is 2. The quantitative estimate of drug-likeness (QED) is 0.430. The molecule has 0 spiro atoms. The van der Waals surface area contributed by atoms with Crippen molar-refractivity contribution in [3.8, 4) is 34.2 Å². The van der Waals surface area contributed by atoms with Crippen molar-refractivity contribution in [3.05, 3.63) is 60.4 Å². The molecule has 0 radical (unpaired) electrons. The van der Waals surface area contributed by atoms with Crippen LogP contribution in [0.1, 0.15) is 30.1 Å². The second kappa shape index (κ2) is 9.55. The topological polar surface area (TPSA) is 106 Å². The van der Waals surface area contributed by atoms with Gasteiger partial charge in [-0.05, 0) is 61.1 Å². The standard InChI is InChI=1S/C28H26N6O2/c1-3-6-22(35)32-21-13-11-19(12-14-21)25-23(24-26(29)30-17-31-27(24)33(25)2)18-7-9-20(10-8-18)28(36)34-15-4-5-16-34/h7-14,17H,4-5,15-16H2,1-2H3,(H,32,35)(H2,29,30,31). The Morgan fingerprint density at radius 1 is 0.972 bits per heavy atom. The minimum absolute atomic E-state index is 0.0606. The van der Waals surface area contributed by atoms with Crippen molar-refractivity contribution in [2.45, 2.75) is 19.8 Å². The van der Waals surface area contributed by atoms with Crippen LogP contribution < -0.4 is 11.1 Å². The Bertz CT molecular complexity index is 1520. The molecule has 3 N–H and O–H groups in total. The Hall–Kier alpha value is -4.64. The maximum Gasteiger partial charge on any atom is 0.300 e. The van der Waals surface area contributed by atoms with E-state index in [-0.39, 0.29) is 11.8 Å². The van der Waals surface area contributed by atoms with Crippen LogP contribution in [0.4, 0.5) is 11.5 Å². The van der Waals surface area contributed by atoms with E-state index in [0.717, 1.165) is 53.7 Å². The van der Waals surface area contributed by atoms with Crippen LogP contribution in [0.2, 0.25) is 0 Å². The minimum atomic E-state index is -0.359. The van der Waals surface area contributed by atoms with E-state index in [1.807, 2.05) is 65.0 Å². The smallest absolute Gasteiger partial charge is 0.300 e. The molecule has 0 aliphatic carbocycles. The Labute approximate surface area is 209 Å². The van der Waals surface area contributed by atoms with Crippen LogP contribution in [0.15, 0.2) is 54.9 Å². The fourth-order valence-electron chi connectivity index (χ4n) is 4.76. The number of carbonyl (C=O) groups excluding carboxylic acids is 2. The molecule has 1 aliphatic rings. The fraction of sp³-hybridized carbons (Fsp3) is 0.214. The number of aromatic nitrogens is 3. The lowest BCUT2D eigenvalue weighted by Gasteiger charge is -2.15. The first-order chi connectivity index (χ1) is 17.5. The van der Waals surface area contributed by atoms with Crippen molar-refractivity contribution in [2.75, 3.05) is 24.1 Å². The number of nitrogen functional groups attached to an aromatic ring is 1. The molecule has 0 saturated carbocycles. The Balaban J connectivity index is 1.59. The van der Waals surface area contributed by atoms with Crippen LogP contribution >= 0.6 is 0 Å². The van der Waals surface area contributed by atoms with E-state index in [1.54, 1.807) is 6.92 Å². The largest absolute Gasteiger partial charge is 0.383 e. The van der Waals surface area contributed by atoms with Gasteiger partial charge in [0.15, 0.2) is 0 Å². The molecule has 2 aromatic heterocycles. The van der Waals surface area contributed by atoms with Gasteiger partial charge in [0.2, 0.25) is 0 Å². The monoisotopic (exact) mass is 478 g/mol. The molecule has 0 unspecified atom stereocenters. The molecule has 5 rings (SSSR count). The van der Waals surface area contributed by atoms with Gasteiger partial charge in [-0.3, -0.25) is 9.59 Å². The predicted octanol–water partition coefficient (Wildman–Crippen LogP) is 4.08. The first kappa shape index (κ1) is 23.1. The van der Waals surface area contributed by atoms with Gasteiger partial charge in [-0.15, -0.1) is 0 Å². The van der Waals surface area contributed by atoms with Crippen molar-refractivity contribution < 1.29 is 9.59 Å². The molecule has 1 fully saturated rings. The number of nitrogens with one attached hydrogen (secondary N) is 1. The van der Waals surface area contributed by atoms with Gasteiger partial charge in [-0.2, -0.15) is 0 Å². The zero-order chi connectivity index (χ0) is 25.2. The van der Waals surface area contributed by atoms with Gasteiger partial charge in [0.05, 0.1) is 11.1 Å². The van der Waals surface area contributed by atoms with E-state index in [4.69, 9.17) is 5.73 Å². The van der Waals surface area contributed by atoms with Crippen molar-refractivity contribution in [3.63, 3.8) is 0 Å². The van der Waals surface area contributed by atoms with E-state index in [9.17, 15) is 9.59 Å². The van der Waals surface area contributed by atoms with Gasteiger partial charge in [-0.25, -0.2) is 9.97 Å². The fourth-order valence-corrected chi connectivity index (χ4v) is 4.76. The van der Waals surface area contributed by atoms with Gasteiger partial charge < -0.3 is 20.5 Å². The molecule has 1 saturated heterocycles. The molecule has 180 valence electrons. The van der Waals surface area contributed by atoms with Crippen LogP contribution in [0.5, 0.6) is 0 Å². The molecule has 0 atom stereocenters. The number of carbonyl (C=O) groups is 2. The number of nitrogens with zero attached hydrogens (tertiary/aromatic N) is 4. The average Bonchev–Trinajstić information content (AvgIpc) is 3.52. The number of rotatable bonds is 4. The molecule has 0 bridgehead atoms. The number of nitrogens with two attached hydrogens (primary N) is 1. The third-order valence-electron chi connectivity index (χ3n) is 6.47. The number of hydrogen-bond donors (Lipinski definition) is 2. The number of hydrogen-bond acceptors (Lipinski definition) is 5. The average molecular weight is 479 g/mol. The summed E-state index contributed by atoms with van der Waals surface area (Å²) in [7, 11) is 1.94. The van der Waals surface area contributed by atoms with Crippen LogP contribution in [-0.2, 0) is 11.8 Å². The number of benzene rings is 2. The molecule has 2 aromatic carbocycles. The minimum Gasteiger partial charge on any atom is -0.383 e. The van der Waals surface area contributed by atoms with E-state index >= 15 is 0 Å². The molecule has 2 amide bonds. The number of amides is 2. The molecule has 4 aromatic rings. The van der Waals surface area contributed by atoms with Crippen LogP contribution in [0, 0.1) is 11.8 Å². The van der Waals surface area contributed by atoms with Crippen molar-refractivity contribution >= 4 is 34.4 Å². The molecule has 8 nitrogen and oxygen atoms in total. The Kier molecular flexibility index (Phi) is 6.13. The summed E-state index contributed by atoms with van der Waals surface area (Å²) in [6.45, 7) is 3.24. The SMILES string of the molecule is CC#CC(=O)Nc1ccc(-c2c(-c3ccc(C(=O)N4CCCC4)cc3)c3c(N)ncnc3n2C)cc1. The van der Waals surface area contributed by atoms with E-state index in [1.165, 1.54) is 6.33 Å². The molecule has 1 aliphatic heterocycles. The van der Waals surface area contributed by atoms with Crippen LogP contribution in [0.3, 0.4) is 0 Å². The lowest BCUT2D eigenvalue weighted by atomic mass is 9.97. The van der Waals surface area contributed by atoms with E-state index in [2.05, 4.69) is 27.1 Å².